The lowest BCUT2D eigenvalue weighted by atomic mass is 9.92. The maximum atomic E-state index is 12.6. The third kappa shape index (κ3) is 4.97. The number of hydrogen-bond acceptors (Lipinski definition) is 6. The molecule has 0 saturated carbocycles. The number of esters is 1. The maximum Gasteiger partial charge on any atom is 0.326 e. The number of carbonyl (C=O) groups is 1. The van der Waals surface area contributed by atoms with Crippen LogP contribution in [0.1, 0.15) is 25.3 Å². The fraction of sp³-hybridized carbons (Fsp3) is 0.286. The predicted octanol–water partition coefficient (Wildman–Crippen LogP) is 4.04. The number of aromatic nitrogens is 2. The lowest BCUT2D eigenvalue weighted by molar-refractivity contribution is -0.150. The number of hydrogen-bond donors (Lipinski definition) is 1. The molecule has 0 saturated heterocycles. The molecular formula is C21H22ClN3O3. The molecule has 0 aliphatic carbocycles. The number of rotatable bonds is 8. The van der Waals surface area contributed by atoms with E-state index in [2.05, 4.69) is 15.5 Å². The van der Waals surface area contributed by atoms with Crippen LogP contribution in [-0.4, -0.2) is 28.3 Å². The van der Waals surface area contributed by atoms with E-state index < -0.39 is 5.54 Å². The summed E-state index contributed by atoms with van der Waals surface area (Å²) < 4.78 is 11.0. The summed E-state index contributed by atoms with van der Waals surface area (Å²) in [4.78, 5) is 12.6. The van der Waals surface area contributed by atoms with Crippen LogP contribution in [0.3, 0.4) is 0 Å². The summed E-state index contributed by atoms with van der Waals surface area (Å²) >= 11 is 6.01. The van der Waals surface area contributed by atoms with E-state index in [0.29, 0.717) is 29.8 Å². The SMILES string of the molecule is CCOC(=O)[C@@](C)(Cc1ccccc1)NCc1nnc(-c2cccc(Cl)c2)o1. The van der Waals surface area contributed by atoms with Gasteiger partial charge in [0.05, 0.1) is 13.2 Å². The van der Waals surface area contributed by atoms with E-state index in [0.717, 1.165) is 11.1 Å². The number of benzene rings is 2. The third-order valence-electron chi connectivity index (χ3n) is 4.29. The van der Waals surface area contributed by atoms with Crippen molar-refractivity contribution >= 4 is 17.6 Å². The number of nitrogens with zero attached hydrogens (tertiary/aromatic N) is 2. The Kier molecular flexibility index (Phi) is 6.44. The minimum Gasteiger partial charge on any atom is -0.465 e. The van der Waals surface area contributed by atoms with Gasteiger partial charge in [0.1, 0.15) is 5.54 Å². The Hall–Kier alpha value is -2.70. The first-order valence-electron chi connectivity index (χ1n) is 9.04. The van der Waals surface area contributed by atoms with Crippen molar-refractivity contribution in [2.24, 2.45) is 0 Å². The smallest absolute Gasteiger partial charge is 0.326 e. The first-order chi connectivity index (χ1) is 13.5. The highest BCUT2D eigenvalue weighted by Gasteiger charge is 2.35. The van der Waals surface area contributed by atoms with Crippen molar-refractivity contribution in [3.05, 3.63) is 71.1 Å². The van der Waals surface area contributed by atoms with E-state index >= 15 is 0 Å². The van der Waals surface area contributed by atoms with Crippen LogP contribution in [0.5, 0.6) is 0 Å². The van der Waals surface area contributed by atoms with Gasteiger partial charge in [-0.25, -0.2) is 0 Å². The Labute approximate surface area is 168 Å². The highest BCUT2D eigenvalue weighted by atomic mass is 35.5. The lowest BCUT2D eigenvalue weighted by Gasteiger charge is -2.28. The minimum absolute atomic E-state index is 0.232. The lowest BCUT2D eigenvalue weighted by Crippen LogP contribution is -2.51. The van der Waals surface area contributed by atoms with Gasteiger partial charge >= 0.3 is 5.97 Å². The van der Waals surface area contributed by atoms with Gasteiger partial charge in [0, 0.05) is 17.0 Å². The van der Waals surface area contributed by atoms with E-state index in [4.69, 9.17) is 20.8 Å². The molecule has 0 bridgehead atoms. The number of carbonyl (C=O) groups excluding carboxylic acids is 1. The van der Waals surface area contributed by atoms with Gasteiger partial charge in [-0.2, -0.15) is 0 Å². The second-order valence-electron chi connectivity index (χ2n) is 6.58. The van der Waals surface area contributed by atoms with Gasteiger partial charge in [-0.3, -0.25) is 10.1 Å². The molecule has 3 aromatic rings. The van der Waals surface area contributed by atoms with Crippen molar-refractivity contribution in [1.82, 2.24) is 15.5 Å². The zero-order valence-electron chi connectivity index (χ0n) is 15.8. The molecule has 146 valence electrons. The van der Waals surface area contributed by atoms with E-state index in [1.807, 2.05) is 49.4 Å². The first-order valence-corrected chi connectivity index (χ1v) is 9.42. The van der Waals surface area contributed by atoms with Crippen molar-refractivity contribution in [3.63, 3.8) is 0 Å². The topological polar surface area (TPSA) is 77.2 Å². The van der Waals surface area contributed by atoms with Gasteiger partial charge in [0.15, 0.2) is 0 Å². The van der Waals surface area contributed by atoms with Crippen LogP contribution in [0, 0.1) is 0 Å². The predicted molar refractivity (Wildman–Crippen MR) is 107 cm³/mol. The van der Waals surface area contributed by atoms with Crippen LogP contribution in [0.25, 0.3) is 11.5 Å². The quantitative estimate of drug-likeness (QED) is 0.576. The molecule has 6 nitrogen and oxygen atoms in total. The summed E-state index contributed by atoms with van der Waals surface area (Å²) in [6.07, 6.45) is 0.474. The van der Waals surface area contributed by atoms with Gasteiger partial charge in [-0.05, 0) is 37.6 Å². The van der Waals surface area contributed by atoms with E-state index in [9.17, 15) is 4.79 Å². The Balaban J connectivity index is 1.74. The van der Waals surface area contributed by atoms with Crippen molar-refractivity contribution in [1.29, 1.82) is 0 Å². The molecule has 1 N–H and O–H groups in total. The molecule has 28 heavy (non-hydrogen) atoms. The molecule has 0 fully saturated rings. The van der Waals surface area contributed by atoms with Gasteiger partial charge < -0.3 is 9.15 Å². The minimum atomic E-state index is -0.929. The molecule has 0 amide bonds. The fourth-order valence-corrected chi connectivity index (χ4v) is 3.03. The monoisotopic (exact) mass is 399 g/mol. The van der Waals surface area contributed by atoms with Crippen LogP contribution in [0.2, 0.25) is 5.02 Å². The van der Waals surface area contributed by atoms with Gasteiger partial charge in [0.25, 0.3) is 0 Å². The Morgan fingerprint density at radius 3 is 2.68 bits per heavy atom. The molecule has 1 atom stereocenters. The molecule has 2 aromatic carbocycles. The Morgan fingerprint density at radius 1 is 1.18 bits per heavy atom. The normalized spacial score (nSPS) is 13.1. The second-order valence-corrected chi connectivity index (χ2v) is 7.02. The molecule has 7 heteroatoms. The van der Waals surface area contributed by atoms with Gasteiger partial charge in [0.2, 0.25) is 11.8 Å². The average Bonchev–Trinajstić information content (AvgIpc) is 3.17. The van der Waals surface area contributed by atoms with Crippen LogP contribution < -0.4 is 5.32 Å². The first kappa shape index (κ1) is 20.0. The summed E-state index contributed by atoms with van der Waals surface area (Å²) in [5, 5.41) is 11.9. The summed E-state index contributed by atoms with van der Waals surface area (Å²) in [7, 11) is 0. The zero-order chi connectivity index (χ0) is 20.0. The van der Waals surface area contributed by atoms with E-state index in [1.54, 1.807) is 19.1 Å². The molecule has 0 aliphatic rings. The van der Waals surface area contributed by atoms with Gasteiger partial charge in [-0.1, -0.05) is 48.0 Å². The van der Waals surface area contributed by atoms with E-state index in [-0.39, 0.29) is 12.5 Å². The van der Waals surface area contributed by atoms with Crippen LogP contribution in [-0.2, 0) is 22.5 Å². The third-order valence-corrected chi connectivity index (χ3v) is 4.53. The molecule has 1 aromatic heterocycles. The summed E-state index contributed by atoms with van der Waals surface area (Å²) in [5.41, 5.74) is 0.835. The largest absolute Gasteiger partial charge is 0.465 e. The number of ether oxygens (including phenoxy) is 1. The molecule has 1 heterocycles. The Morgan fingerprint density at radius 2 is 1.96 bits per heavy atom. The zero-order valence-corrected chi connectivity index (χ0v) is 16.6. The molecule has 3 rings (SSSR count). The number of halogens is 1. The molecular weight excluding hydrogens is 378 g/mol. The van der Waals surface area contributed by atoms with Crippen molar-refractivity contribution < 1.29 is 13.9 Å². The van der Waals surface area contributed by atoms with Crippen LogP contribution in [0.4, 0.5) is 0 Å². The molecule has 0 spiro atoms. The van der Waals surface area contributed by atoms with Crippen LogP contribution >= 0.6 is 11.6 Å². The van der Waals surface area contributed by atoms with Crippen molar-refractivity contribution in [3.8, 4) is 11.5 Å². The second kappa shape index (κ2) is 8.99. The molecule has 0 radical (unpaired) electrons. The van der Waals surface area contributed by atoms with E-state index in [1.165, 1.54) is 0 Å². The highest BCUT2D eigenvalue weighted by molar-refractivity contribution is 6.30. The fourth-order valence-electron chi connectivity index (χ4n) is 2.84. The number of nitrogens with one attached hydrogen (secondary N) is 1. The average molecular weight is 400 g/mol. The summed E-state index contributed by atoms with van der Waals surface area (Å²) in [5.74, 6) is 0.423. The van der Waals surface area contributed by atoms with Crippen molar-refractivity contribution in [2.75, 3.05) is 6.61 Å². The van der Waals surface area contributed by atoms with Gasteiger partial charge in [-0.15, -0.1) is 10.2 Å². The van der Waals surface area contributed by atoms with Crippen molar-refractivity contribution in [2.45, 2.75) is 32.4 Å². The Bertz CT molecular complexity index is 929. The standard InChI is InChI=1S/C21H22ClN3O3/c1-3-27-20(26)21(2,13-15-8-5-4-6-9-15)23-14-18-24-25-19(28-18)16-10-7-11-17(22)12-16/h4-12,23H,3,13-14H2,1-2H3/t21-/m1/s1. The highest BCUT2D eigenvalue weighted by Crippen LogP contribution is 2.22. The maximum absolute atomic E-state index is 12.6. The molecule has 0 aliphatic heterocycles. The summed E-state index contributed by atoms with van der Waals surface area (Å²) in [6, 6.07) is 17.0. The molecule has 0 unspecified atom stereocenters. The summed E-state index contributed by atoms with van der Waals surface area (Å²) in [6.45, 7) is 4.14. The van der Waals surface area contributed by atoms with Crippen LogP contribution in [0.15, 0.2) is 59.0 Å².